The molecule has 2 aromatic rings. The summed E-state index contributed by atoms with van der Waals surface area (Å²) in [7, 11) is 0. The largest absolute Gasteiger partial charge is 0.482 e. The van der Waals surface area contributed by atoms with Crippen molar-refractivity contribution in [3.8, 4) is 5.75 Å². The first-order valence-corrected chi connectivity index (χ1v) is 7.14. The monoisotopic (exact) mass is 314 g/mol. The molecule has 2 rings (SSSR count). The molecule has 0 N–H and O–H groups in total. The minimum absolute atomic E-state index is 0.100. The molecule has 0 amide bonds. The van der Waals surface area contributed by atoms with Crippen molar-refractivity contribution in [2.75, 3.05) is 0 Å². The Kier molecular flexibility index (Phi) is 5.74. The Morgan fingerprint density at radius 2 is 1.91 bits per heavy atom. The van der Waals surface area contributed by atoms with Crippen LogP contribution in [0, 0.1) is 0 Å². The van der Waals surface area contributed by atoms with Gasteiger partial charge in [0, 0.05) is 12.1 Å². The summed E-state index contributed by atoms with van der Waals surface area (Å²) in [6, 6.07) is 10.8. The van der Waals surface area contributed by atoms with Crippen LogP contribution in [0.1, 0.15) is 25.2 Å². The van der Waals surface area contributed by atoms with Gasteiger partial charge in [-0.3, -0.25) is 4.79 Å². The molecule has 0 fully saturated rings. The van der Waals surface area contributed by atoms with Gasteiger partial charge in [0.15, 0.2) is 0 Å². The van der Waals surface area contributed by atoms with Crippen LogP contribution in [0.3, 0.4) is 0 Å². The van der Waals surface area contributed by atoms with Gasteiger partial charge in [0.25, 0.3) is 0 Å². The van der Waals surface area contributed by atoms with Gasteiger partial charge in [0.05, 0.1) is 0 Å². The first-order valence-electron chi connectivity index (χ1n) is 7.14. The number of hydrogen-bond donors (Lipinski definition) is 0. The summed E-state index contributed by atoms with van der Waals surface area (Å²) >= 11 is 0. The molecule has 5 heteroatoms. The van der Waals surface area contributed by atoms with Gasteiger partial charge >= 0.3 is 5.97 Å². The molecule has 0 saturated carbocycles. The third-order valence-corrected chi connectivity index (χ3v) is 2.85. The Balaban J connectivity index is 1.94. The van der Waals surface area contributed by atoms with E-state index in [4.69, 9.17) is 13.9 Å². The van der Waals surface area contributed by atoms with Crippen molar-refractivity contribution in [3.05, 3.63) is 75.9 Å². The highest BCUT2D eigenvalue weighted by atomic mass is 16.5. The van der Waals surface area contributed by atoms with Gasteiger partial charge in [0.2, 0.25) is 11.2 Å². The van der Waals surface area contributed by atoms with E-state index < -0.39 is 5.97 Å². The van der Waals surface area contributed by atoms with E-state index in [0.29, 0.717) is 0 Å². The molecule has 5 nitrogen and oxygen atoms in total. The van der Waals surface area contributed by atoms with E-state index in [9.17, 15) is 9.59 Å². The number of carbonyl (C=O) groups is 1. The second-order valence-electron chi connectivity index (χ2n) is 5.18. The van der Waals surface area contributed by atoms with Crippen LogP contribution in [0.5, 0.6) is 5.75 Å². The minimum Gasteiger partial charge on any atom is -0.482 e. The van der Waals surface area contributed by atoms with Crippen molar-refractivity contribution in [3.63, 3.8) is 0 Å². The first-order chi connectivity index (χ1) is 11.0. The predicted molar refractivity (Wildman–Crippen MR) is 85.0 cm³/mol. The number of hydrogen-bond acceptors (Lipinski definition) is 5. The topological polar surface area (TPSA) is 65.7 Å². The number of esters is 1. The fourth-order valence-corrected chi connectivity index (χ4v) is 1.77. The molecule has 1 aromatic heterocycles. The molecule has 0 unspecified atom stereocenters. The molecule has 0 atom stereocenters. The zero-order chi connectivity index (χ0) is 16.7. The molecule has 120 valence electrons. The summed E-state index contributed by atoms with van der Waals surface area (Å²) in [4.78, 5) is 23.3. The SMILES string of the molecule is CC(C)=CC(=O)OCc1cc(=O)c(OCc2ccccc2)co1. The fraction of sp³-hybridized carbons (Fsp3) is 0.222. The van der Waals surface area contributed by atoms with Crippen molar-refractivity contribution < 1.29 is 18.7 Å². The smallest absolute Gasteiger partial charge is 0.331 e. The average molecular weight is 314 g/mol. The molecule has 0 aliphatic carbocycles. The maximum Gasteiger partial charge on any atom is 0.331 e. The maximum atomic E-state index is 11.9. The summed E-state index contributed by atoms with van der Waals surface area (Å²) in [6.07, 6.45) is 2.60. The van der Waals surface area contributed by atoms with E-state index in [-0.39, 0.29) is 30.2 Å². The molecule has 0 radical (unpaired) electrons. The highest BCUT2D eigenvalue weighted by molar-refractivity contribution is 5.82. The molecule has 0 aliphatic heterocycles. The van der Waals surface area contributed by atoms with Crippen LogP contribution in [-0.2, 0) is 22.7 Å². The second-order valence-corrected chi connectivity index (χ2v) is 5.18. The Morgan fingerprint density at radius 3 is 2.57 bits per heavy atom. The normalized spacial score (nSPS) is 10.0. The van der Waals surface area contributed by atoms with Gasteiger partial charge in [-0.2, -0.15) is 0 Å². The third kappa shape index (κ3) is 5.47. The van der Waals surface area contributed by atoms with Crippen molar-refractivity contribution >= 4 is 5.97 Å². The number of allylic oxidation sites excluding steroid dienone is 1. The molecule has 23 heavy (non-hydrogen) atoms. The molecular formula is C18H18O5. The van der Waals surface area contributed by atoms with Crippen molar-refractivity contribution in [1.82, 2.24) is 0 Å². The van der Waals surface area contributed by atoms with Gasteiger partial charge in [0.1, 0.15) is 25.2 Å². The first kappa shape index (κ1) is 16.5. The van der Waals surface area contributed by atoms with Crippen LogP contribution in [0.25, 0.3) is 0 Å². The Morgan fingerprint density at radius 1 is 1.17 bits per heavy atom. The lowest BCUT2D eigenvalue weighted by molar-refractivity contribution is -0.139. The number of carbonyl (C=O) groups excluding carboxylic acids is 1. The van der Waals surface area contributed by atoms with E-state index in [1.165, 1.54) is 18.4 Å². The van der Waals surface area contributed by atoms with Crippen LogP contribution in [0.2, 0.25) is 0 Å². The Labute approximate surface area is 134 Å². The van der Waals surface area contributed by atoms with Crippen molar-refractivity contribution in [1.29, 1.82) is 0 Å². The van der Waals surface area contributed by atoms with Crippen LogP contribution >= 0.6 is 0 Å². The summed E-state index contributed by atoms with van der Waals surface area (Å²) in [5, 5.41) is 0. The minimum atomic E-state index is -0.475. The zero-order valence-electron chi connectivity index (χ0n) is 13.1. The summed E-state index contributed by atoms with van der Waals surface area (Å²) in [5.74, 6) is -0.0946. The molecule has 0 saturated heterocycles. The van der Waals surface area contributed by atoms with Gasteiger partial charge < -0.3 is 13.9 Å². The molecule has 1 aromatic carbocycles. The molecule has 1 heterocycles. The summed E-state index contributed by atoms with van der Waals surface area (Å²) in [5.41, 5.74) is 1.47. The van der Waals surface area contributed by atoms with Gasteiger partial charge in [-0.15, -0.1) is 0 Å². The third-order valence-electron chi connectivity index (χ3n) is 2.85. The summed E-state index contributed by atoms with van der Waals surface area (Å²) in [6.45, 7) is 3.76. The van der Waals surface area contributed by atoms with Crippen LogP contribution < -0.4 is 10.2 Å². The number of benzene rings is 1. The fourth-order valence-electron chi connectivity index (χ4n) is 1.77. The molecule has 0 aliphatic rings. The summed E-state index contributed by atoms with van der Waals surface area (Å²) < 4.78 is 15.7. The molecule has 0 bridgehead atoms. The highest BCUT2D eigenvalue weighted by Gasteiger charge is 2.07. The zero-order valence-corrected chi connectivity index (χ0v) is 13.1. The predicted octanol–water partition coefficient (Wildman–Crippen LogP) is 3.23. The second kappa shape index (κ2) is 7.98. The van der Waals surface area contributed by atoms with Crippen molar-refractivity contribution in [2.24, 2.45) is 0 Å². The standard InChI is InChI=1S/C18H18O5/c1-13(2)8-18(20)23-11-15-9-16(19)17(12-21-15)22-10-14-6-4-3-5-7-14/h3-9,12H,10-11H2,1-2H3. The van der Waals surface area contributed by atoms with E-state index in [0.717, 1.165) is 11.1 Å². The number of ether oxygens (including phenoxy) is 2. The van der Waals surface area contributed by atoms with Crippen LogP contribution in [0.4, 0.5) is 0 Å². The maximum absolute atomic E-state index is 11.9. The molecular weight excluding hydrogens is 296 g/mol. The quantitative estimate of drug-likeness (QED) is 0.605. The van der Waals surface area contributed by atoms with E-state index >= 15 is 0 Å². The van der Waals surface area contributed by atoms with Gasteiger partial charge in [-0.25, -0.2) is 4.79 Å². The van der Waals surface area contributed by atoms with E-state index in [1.54, 1.807) is 13.8 Å². The molecule has 0 spiro atoms. The van der Waals surface area contributed by atoms with Gasteiger partial charge in [-0.1, -0.05) is 35.9 Å². The van der Waals surface area contributed by atoms with E-state index in [2.05, 4.69) is 0 Å². The van der Waals surface area contributed by atoms with Crippen LogP contribution in [-0.4, -0.2) is 5.97 Å². The lowest BCUT2D eigenvalue weighted by Crippen LogP contribution is -2.09. The lowest BCUT2D eigenvalue weighted by atomic mass is 10.2. The Bertz CT molecular complexity index is 740. The van der Waals surface area contributed by atoms with Crippen LogP contribution in [0.15, 0.2) is 63.5 Å². The highest BCUT2D eigenvalue weighted by Crippen LogP contribution is 2.10. The lowest BCUT2D eigenvalue weighted by Gasteiger charge is -2.06. The Hall–Kier alpha value is -2.82. The average Bonchev–Trinajstić information content (AvgIpc) is 2.52. The van der Waals surface area contributed by atoms with Gasteiger partial charge in [-0.05, 0) is 19.4 Å². The van der Waals surface area contributed by atoms with E-state index in [1.807, 2.05) is 30.3 Å². The number of rotatable bonds is 6. The van der Waals surface area contributed by atoms with Crippen molar-refractivity contribution in [2.45, 2.75) is 27.1 Å².